The molecular formula is C30H35NO7. The molecule has 0 aromatic heterocycles. The summed E-state index contributed by atoms with van der Waals surface area (Å²) in [5.41, 5.74) is 3.18. The molecule has 38 heavy (non-hydrogen) atoms. The molecule has 0 radical (unpaired) electrons. The van der Waals surface area contributed by atoms with Gasteiger partial charge in [0, 0.05) is 12.1 Å². The SMILES string of the molecule is CCOC(=O)Cc1cccc(OCC(O)c2cccc(-c3cccc(CNC(=O)OC(C)(C)C)c3)c2)c1O. The van der Waals surface area contributed by atoms with Gasteiger partial charge >= 0.3 is 12.1 Å². The Morgan fingerprint density at radius 3 is 2.37 bits per heavy atom. The summed E-state index contributed by atoms with van der Waals surface area (Å²) in [7, 11) is 0. The number of nitrogens with one attached hydrogen (secondary N) is 1. The minimum absolute atomic E-state index is 0.0756. The van der Waals surface area contributed by atoms with Crippen molar-refractivity contribution in [3.05, 3.63) is 83.4 Å². The summed E-state index contributed by atoms with van der Waals surface area (Å²) in [4.78, 5) is 23.7. The van der Waals surface area contributed by atoms with Crippen LogP contribution in [0.15, 0.2) is 66.7 Å². The number of phenols is 1. The Kier molecular flexibility index (Phi) is 9.73. The molecule has 0 aliphatic carbocycles. The Bertz CT molecular complexity index is 1250. The maximum Gasteiger partial charge on any atom is 0.407 e. The van der Waals surface area contributed by atoms with Gasteiger partial charge in [0.2, 0.25) is 0 Å². The number of benzene rings is 3. The Balaban J connectivity index is 1.65. The van der Waals surface area contributed by atoms with Crippen LogP contribution >= 0.6 is 0 Å². The number of esters is 1. The zero-order chi connectivity index (χ0) is 27.7. The molecule has 3 rings (SSSR count). The number of aromatic hydroxyl groups is 1. The van der Waals surface area contributed by atoms with E-state index in [2.05, 4.69) is 5.32 Å². The summed E-state index contributed by atoms with van der Waals surface area (Å²) >= 11 is 0. The van der Waals surface area contributed by atoms with Crippen LogP contribution in [0.1, 0.15) is 50.5 Å². The normalized spacial score (nSPS) is 11.9. The molecule has 1 unspecified atom stereocenters. The van der Waals surface area contributed by atoms with Crippen LogP contribution in [0.5, 0.6) is 11.5 Å². The van der Waals surface area contributed by atoms with E-state index in [1.54, 1.807) is 31.2 Å². The number of para-hydroxylation sites is 1. The number of carbonyl (C=O) groups excluding carboxylic acids is 2. The van der Waals surface area contributed by atoms with Crippen LogP contribution in [0.3, 0.4) is 0 Å². The summed E-state index contributed by atoms with van der Waals surface area (Å²) < 4.78 is 15.9. The molecule has 0 fully saturated rings. The first-order valence-electron chi connectivity index (χ1n) is 12.5. The van der Waals surface area contributed by atoms with Crippen molar-refractivity contribution in [1.29, 1.82) is 0 Å². The maximum atomic E-state index is 12.0. The van der Waals surface area contributed by atoms with Crippen molar-refractivity contribution in [1.82, 2.24) is 5.32 Å². The van der Waals surface area contributed by atoms with Gasteiger partial charge in [0.15, 0.2) is 11.5 Å². The Morgan fingerprint density at radius 1 is 0.974 bits per heavy atom. The number of rotatable bonds is 10. The number of aliphatic hydroxyl groups excluding tert-OH is 1. The third-order valence-electron chi connectivity index (χ3n) is 5.49. The zero-order valence-electron chi connectivity index (χ0n) is 22.2. The molecule has 3 N–H and O–H groups in total. The van der Waals surface area contributed by atoms with E-state index in [9.17, 15) is 19.8 Å². The lowest BCUT2D eigenvalue weighted by Crippen LogP contribution is -2.32. The summed E-state index contributed by atoms with van der Waals surface area (Å²) in [6.45, 7) is 7.63. The Hall–Kier alpha value is -4.04. The van der Waals surface area contributed by atoms with Gasteiger partial charge in [-0.25, -0.2) is 4.79 Å². The van der Waals surface area contributed by atoms with Crippen molar-refractivity contribution < 1.29 is 34.0 Å². The molecule has 0 saturated carbocycles. The van der Waals surface area contributed by atoms with Crippen LogP contribution in [0.25, 0.3) is 11.1 Å². The number of hydrogen-bond acceptors (Lipinski definition) is 7. The Labute approximate surface area is 223 Å². The molecule has 0 bridgehead atoms. The highest BCUT2D eigenvalue weighted by Gasteiger charge is 2.17. The van der Waals surface area contributed by atoms with Gasteiger partial charge in [0.1, 0.15) is 18.3 Å². The fourth-order valence-electron chi connectivity index (χ4n) is 3.73. The molecule has 8 heteroatoms. The van der Waals surface area contributed by atoms with E-state index in [1.165, 1.54) is 0 Å². The number of aliphatic hydroxyl groups is 1. The highest BCUT2D eigenvalue weighted by Crippen LogP contribution is 2.31. The summed E-state index contributed by atoms with van der Waals surface area (Å²) in [6.07, 6.45) is -1.51. The first-order valence-corrected chi connectivity index (χ1v) is 12.5. The van der Waals surface area contributed by atoms with Gasteiger partial charge in [-0.2, -0.15) is 0 Å². The van der Waals surface area contributed by atoms with Crippen molar-refractivity contribution in [2.45, 2.75) is 52.4 Å². The molecule has 3 aromatic carbocycles. The van der Waals surface area contributed by atoms with E-state index in [0.29, 0.717) is 17.7 Å². The fourth-order valence-corrected chi connectivity index (χ4v) is 3.73. The molecule has 0 aliphatic heterocycles. The van der Waals surface area contributed by atoms with Crippen LogP contribution in [0.4, 0.5) is 4.79 Å². The molecule has 1 atom stereocenters. The maximum absolute atomic E-state index is 12.0. The van der Waals surface area contributed by atoms with Gasteiger partial charge < -0.3 is 29.7 Å². The first kappa shape index (κ1) is 28.5. The van der Waals surface area contributed by atoms with Crippen molar-refractivity contribution in [3.63, 3.8) is 0 Å². The van der Waals surface area contributed by atoms with Crippen molar-refractivity contribution in [3.8, 4) is 22.6 Å². The van der Waals surface area contributed by atoms with E-state index >= 15 is 0 Å². The number of phenolic OH excluding ortho intramolecular Hbond substituents is 1. The van der Waals surface area contributed by atoms with E-state index in [-0.39, 0.29) is 31.1 Å². The molecule has 1 amide bonds. The molecule has 0 saturated heterocycles. The van der Waals surface area contributed by atoms with Crippen molar-refractivity contribution >= 4 is 12.1 Å². The van der Waals surface area contributed by atoms with E-state index in [0.717, 1.165) is 16.7 Å². The summed E-state index contributed by atoms with van der Waals surface area (Å²) in [5, 5.41) is 24.0. The second-order valence-corrected chi connectivity index (χ2v) is 9.75. The van der Waals surface area contributed by atoms with Crippen LogP contribution in [-0.4, -0.2) is 41.1 Å². The minimum Gasteiger partial charge on any atom is -0.504 e. The third kappa shape index (κ3) is 8.52. The van der Waals surface area contributed by atoms with E-state index in [4.69, 9.17) is 14.2 Å². The van der Waals surface area contributed by atoms with Crippen molar-refractivity contribution in [2.75, 3.05) is 13.2 Å². The van der Waals surface area contributed by atoms with Gasteiger partial charge in [-0.1, -0.05) is 48.5 Å². The molecule has 0 aliphatic rings. The molecule has 0 spiro atoms. The van der Waals surface area contributed by atoms with Gasteiger partial charge in [-0.3, -0.25) is 4.79 Å². The van der Waals surface area contributed by atoms with E-state index in [1.807, 2.05) is 63.2 Å². The zero-order valence-corrected chi connectivity index (χ0v) is 22.2. The number of hydrogen-bond donors (Lipinski definition) is 3. The van der Waals surface area contributed by atoms with Gasteiger partial charge in [0.05, 0.1) is 13.0 Å². The quantitative estimate of drug-likeness (QED) is 0.310. The lowest BCUT2D eigenvalue weighted by Gasteiger charge is -2.19. The smallest absolute Gasteiger partial charge is 0.407 e. The number of ether oxygens (including phenoxy) is 3. The Morgan fingerprint density at radius 2 is 1.66 bits per heavy atom. The van der Waals surface area contributed by atoms with Gasteiger partial charge in [-0.05, 0) is 68.1 Å². The largest absolute Gasteiger partial charge is 0.504 e. The monoisotopic (exact) mass is 521 g/mol. The van der Waals surface area contributed by atoms with Crippen LogP contribution in [0.2, 0.25) is 0 Å². The average molecular weight is 522 g/mol. The van der Waals surface area contributed by atoms with Crippen LogP contribution in [0, 0.1) is 0 Å². The number of amides is 1. The lowest BCUT2D eigenvalue weighted by atomic mass is 9.99. The average Bonchev–Trinajstić information content (AvgIpc) is 2.87. The molecule has 3 aromatic rings. The number of alkyl carbamates (subject to hydrolysis) is 1. The second kappa shape index (κ2) is 13.0. The van der Waals surface area contributed by atoms with Crippen LogP contribution in [-0.2, 0) is 27.2 Å². The highest BCUT2D eigenvalue weighted by atomic mass is 16.6. The standard InChI is InChI=1S/C30H35NO7/c1-5-36-27(33)17-24-13-8-14-26(28(24)34)37-19-25(32)23-12-7-11-22(16-23)21-10-6-9-20(15-21)18-31-29(35)38-30(2,3)4/h6-16,25,32,34H,5,17-19H2,1-4H3,(H,31,35). The lowest BCUT2D eigenvalue weighted by molar-refractivity contribution is -0.142. The van der Waals surface area contributed by atoms with E-state index < -0.39 is 23.8 Å². The summed E-state index contributed by atoms with van der Waals surface area (Å²) in [5.74, 6) is -0.424. The molecule has 8 nitrogen and oxygen atoms in total. The molecule has 0 heterocycles. The second-order valence-electron chi connectivity index (χ2n) is 9.75. The fraction of sp³-hybridized carbons (Fsp3) is 0.333. The summed E-state index contributed by atoms with van der Waals surface area (Å²) in [6, 6.07) is 20.0. The third-order valence-corrected chi connectivity index (χ3v) is 5.49. The predicted molar refractivity (Wildman–Crippen MR) is 144 cm³/mol. The first-order chi connectivity index (χ1) is 18.1. The molecule has 202 valence electrons. The minimum atomic E-state index is -0.958. The topological polar surface area (TPSA) is 114 Å². The van der Waals surface area contributed by atoms with Crippen molar-refractivity contribution in [2.24, 2.45) is 0 Å². The highest BCUT2D eigenvalue weighted by molar-refractivity contribution is 5.74. The van der Waals surface area contributed by atoms with Gasteiger partial charge in [0.25, 0.3) is 0 Å². The molecular weight excluding hydrogens is 486 g/mol. The predicted octanol–water partition coefficient (Wildman–Crippen LogP) is 5.30. The van der Waals surface area contributed by atoms with Gasteiger partial charge in [-0.15, -0.1) is 0 Å². The van der Waals surface area contributed by atoms with Crippen LogP contribution < -0.4 is 10.1 Å². The number of carbonyl (C=O) groups is 2.